The van der Waals surface area contributed by atoms with Gasteiger partial charge in [0.15, 0.2) is 0 Å². The van der Waals surface area contributed by atoms with Crippen molar-refractivity contribution >= 4 is 5.69 Å². The number of benzene rings is 1. The molecule has 4 nitrogen and oxygen atoms in total. The van der Waals surface area contributed by atoms with E-state index in [1.54, 1.807) is 19.4 Å². The van der Waals surface area contributed by atoms with Crippen molar-refractivity contribution in [3.63, 3.8) is 0 Å². The lowest BCUT2D eigenvalue weighted by Gasteiger charge is -2.14. The molecule has 0 aliphatic heterocycles. The van der Waals surface area contributed by atoms with Crippen molar-refractivity contribution in [2.45, 2.75) is 25.9 Å². The highest BCUT2D eigenvalue weighted by molar-refractivity contribution is 5.39. The molecular formula is C15H20FN3O. The number of nitrogens with one attached hydrogen (secondary N) is 1. The molecule has 1 aromatic heterocycles. The number of methoxy groups -OCH3 is 1. The maximum Gasteiger partial charge on any atom is 0.126 e. The normalized spacial score (nSPS) is 12.3. The number of rotatable bonds is 7. The fourth-order valence-corrected chi connectivity index (χ4v) is 2.07. The van der Waals surface area contributed by atoms with Gasteiger partial charge in [-0.05, 0) is 25.0 Å². The van der Waals surface area contributed by atoms with Crippen molar-refractivity contribution in [1.29, 1.82) is 0 Å². The van der Waals surface area contributed by atoms with E-state index in [1.165, 1.54) is 6.07 Å². The molecule has 0 fully saturated rings. The Bertz CT molecular complexity index is 541. The molecule has 1 aromatic carbocycles. The summed E-state index contributed by atoms with van der Waals surface area (Å²) >= 11 is 0. The summed E-state index contributed by atoms with van der Waals surface area (Å²) in [5.41, 5.74) is 1.66. The van der Waals surface area contributed by atoms with E-state index in [0.29, 0.717) is 13.0 Å². The van der Waals surface area contributed by atoms with Gasteiger partial charge in [-0.25, -0.2) is 4.39 Å². The maximum absolute atomic E-state index is 13.6. The zero-order chi connectivity index (χ0) is 14.4. The van der Waals surface area contributed by atoms with E-state index in [4.69, 9.17) is 4.74 Å². The first-order valence-electron chi connectivity index (χ1n) is 6.70. The number of anilines is 1. The molecular weight excluding hydrogens is 257 g/mol. The number of hydrogen-bond donors (Lipinski definition) is 1. The summed E-state index contributed by atoms with van der Waals surface area (Å²) in [6.07, 6.45) is 4.33. The molecule has 1 heterocycles. The minimum Gasteiger partial charge on any atom is -0.383 e. The van der Waals surface area contributed by atoms with E-state index in [0.717, 1.165) is 17.8 Å². The number of aromatic nitrogens is 2. The maximum atomic E-state index is 13.6. The van der Waals surface area contributed by atoms with Crippen LogP contribution in [0.5, 0.6) is 0 Å². The molecule has 0 amide bonds. The van der Waals surface area contributed by atoms with Gasteiger partial charge in [-0.3, -0.25) is 4.68 Å². The Labute approximate surface area is 118 Å². The van der Waals surface area contributed by atoms with Crippen LogP contribution in [0.2, 0.25) is 0 Å². The minimum atomic E-state index is -0.156. The van der Waals surface area contributed by atoms with Gasteiger partial charge in [0.05, 0.1) is 25.0 Å². The first-order chi connectivity index (χ1) is 9.69. The molecule has 0 bridgehead atoms. The molecule has 0 saturated heterocycles. The lowest BCUT2D eigenvalue weighted by Crippen LogP contribution is -2.18. The highest BCUT2D eigenvalue weighted by atomic mass is 19.1. The smallest absolute Gasteiger partial charge is 0.126 e. The highest BCUT2D eigenvalue weighted by Gasteiger charge is 2.08. The summed E-state index contributed by atoms with van der Waals surface area (Å²) in [6.45, 7) is 3.38. The second kappa shape index (κ2) is 7.05. The van der Waals surface area contributed by atoms with E-state index in [9.17, 15) is 4.39 Å². The molecule has 0 spiro atoms. The molecule has 2 aromatic rings. The van der Waals surface area contributed by atoms with E-state index in [-0.39, 0.29) is 11.9 Å². The highest BCUT2D eigenvalue weighted by Crippen LogP contribution is 2.13. The monoisotopic (exact) mass is 277 g/mol. The molecule has 0 saturated carbocycles. The average Bonchev–Trinajstić information content (AvgIpc) is 2.86. The van der Waals surface area contributed by atoms with Crippen LogP contribution in [0.3, 0.4) is 0 Å². The van der Waals surface area contributed by atoms with Crippen molar-refractivity contribution in [2.24, 2.45) is 0 Å². The van der Waals surface area contributed by atoms with Crippen molar-refractivity contribution in [1.82, 2.24) is 9.78 Å². The Morgan fingerprint density at radius 3 is 2.95 bits per heavy atom. The zero-order valence-electron chi connectivity index (χ0n) is 11.8. The summed E-state index contributed by atoms with van der Waals surface area (Å²) in [7, 11) is 1.67. The first kappa shape index (κ1) is 14.5. The lowest BCUT2D eigenvalue weighted by atomic mass is 10.1. The SMILES string of the molecule is COCCn1cc(NC(C)Cc2ccccc2F)cn1. The minimum absolute atomic E-state index is 0.131. The molecule has 20 heavy (non-hydrogen) atoms. The molecule has 0 aliphatic carbocycles. The summed E-state index contributed by atoms with van der Waals surface area (Å²) in [4.78, 5) is 0. The van der Waals surface area contributed by atoms with Crippen LogP contribution in [0.4, 0.5) is 10.1 Å². The van der Waals surface area contributed by atoms with Crippen LogP contribution in [0.15, 0.2) is 36.7 Å². The Kier molecular flexibility index (Phi) is 5.12. The van der Waals surface area contributed by atoms with Gasteiger partial charge in [-0.2, -0.15) is 5.10 Å². The van der Waals surface area contributed by atoms with Crippen LogP contribution in [0, 0.1) is 5.82 Å². The summed E-state index contributed by atoms with van der Waals surface area (Å²) < 4.78 is 20.4. The van der Waals surface area contributed by atoms with E-state index >= 15 is 0 Å². The van der Waals surface area contributed by atoms with Gasteiger partial charge in [-0.15, -0.1) is 0 Å². The number of hydrogen-bond acceptors (Lipinski definition) is 3. The van der Waals surface area contributed by atoms with E-state index in [1.807, 2.05) is 29.9 Å². The van der Waals surface area contributed by atoms with Gasteiger partial charge in [0.2, 0.25) is 0 Å². The van der Waals surface area contributed by atoms with Crippen LogP contribution in [-0.4, -0.2) is 29.5 Å². The summed E-state index contributed by atoms with van der Waals surface area (Å²) in [5, 5.41) is 7.56. The second-order valence-corrected chi connectivity index (χ2v) is 4.83. The van der Waals surface area contributed by atoms with E-state index < -0.39 is 0 Å². The average molecular weight is 277 g/mol. The van der Waals surface area contributed by atoms with Gasteiger partial charge < -0.3 is 10.1 Å². The molecule has 5 heteroatoms. The predicted molar refractivity (Wildman–Crippen MR) is 77.3 cm³/mol. The van der Waals surface area contributed by atoms with Gasteiger partial charge in [0, 0.05) is 19.3 Å². The van der Waals surface area contributed by atoms with Gasteiger partial charge in [0.1, 0.15) is 5.82 Å². The van der Waals surface area contributed by atoms with Gasteiger partial charge in [0.25, 0.3) is 0 Å². The molecule has 1 unspecified atom stereocenters. The third-order valence-corrected chi connectivity index (χ3v) is 3.05. The van der Waals surface area contributed by atoms with Gasteiger partial charge >= 0.3 is 0 Å². The Morgan fingerprint density at radius 2 is 2.20 bits per heavy atom. The standard InChI is InChI=1S/C15H20FN3O/c1-12(9-13-5-3-4-6-15(13)16)18-14-10-17-19(11-14)7-8-20-2/h3-6,10-12,18H,7-9H2,1-2H3. The summed E-state index contributed by atoms with van der Waals surface area (Å²) in [6, 6.07) is 7.00. The molecule has 0 radical (unpaired) electrons. The van der Waals surface area contributed by atoms with Crippen molar-refractivity contribution in [3.05, 3.63) is 48.0 Å². The summed E-state index contributed by atoms with van der Waals surface area (Å²) in [5.74, 6) is -0.156. The first-order valence-corrected chi connectivity index (χ1v) is 6.70. The van der Waals surface area contributed by atoms with Crippen LogP contribution in [0.25, 0.3) is 0 Å². The van der Waals surface area contributed by atoms with Crippen LogP contribution in [0.1, 0.15) is 12.5 Å². The predicted octanol–water partition coefficient (Wildman–Crippen LogP) is 2.71. The van der Waals surface area contributed by atoms with Crippen molar-refractivity contribution < 1.29 is 9.13 Å². The van der Waals surface area contributed by atoms with Crippen molar-refractivity contribution in [2.75, 3.05) is 19.0 Å². The molecule has 1 N–H and O–H groups in total. The van der Waals surface area contributed by atoms with Crippen LogP contribution in [-0.2, 0) is 17.7 Å². The quantitative estimate of drug-likeness (QED) is 0.845. The third kappa shape index (κ3) is 4.06. The van der Waals surface area contributed by atoms with Crippen LogP contribution < -0.4 is 5.32 Å². The lowest BCUT2D eigenvalue weighted by molar-refractivity contribution is 0.183. The van der Waals surface area contributed by atoms with Gasteiger partial charge in [-0.1, -0.05) is 18.2 Å². The second-order valence-electron chi connectivity index (χ2n) is 4.83. The van der Waals surface area contributed by atoms with Crippen molar-refractivity contribution in [3.8, 4) is 0 Å². The number of nitrogens with zero attached hydrogens (tertiary/aromatic N) is 2. The Hall–Kier alpha value is -1.88. The topological polar surface area (TPSA) is 39.1 Å². The molecule has 1 atom stereocenters. The third-order valence-electron chi connectivity index (χ3n) is 3.05. The molecule has 0 aliphatic rings. The fraction of sp³-hybridized carbons (Fsp3) is 0.400. The Balaban J connectivity index is 1.89. The van der Waals surface area contributed by atoms with E-state index in [2.05, 4.69) is 10.4 Å². The molecule has 108 valence electrons. The Morgan fingerprint density at radius 1 is 1.40 bits per heavy atom. The molecule has 2 rings (SSSR count). The largest absolute Gasteiger partial charge is 0.383 e. The number of ether oxygens (including phenoxy) is 1. The zero-order valence-corrected chi connectivity index (χ0v) is 11.8. The fourth-order valence-electron chi connectivity index (χ4n) is 2.07. The number of halogens is 1. The van der Waals surface area contributed by atoms with Crippen LogP contribution >= 0.6 is 0 Å².